The Bertz CT molecular complexity index is 1410. The van der Waals surface area contributed by atoms with Gasteiger partial charge < -0.3 is 42.6 Å². The summed E-state index contributed by atoms with van der Waals surface area (Å²) in [5, 5.41) is 0.823. The minimum atomic E-state index is -0.791. The first-order valence-electron chi connectivity index (χ1n) is 11.4. The van der Waals surface area contributed by atoms with Crippen LogP contribution >= 0.6 is 0 Å². The molecule has 0 spiro atoms. The van der Waals surface area contributed by atoms with Crippen LogP contribution in [-0.4, -0.2) is 68.5 Å². The van der Waals surface area contributed by atoms with E-state index in [-0.39, 0.29) is 41.8 Å². The lowest BCUT2D eigenvalue weighted by molar-refractivity contribution is 0.00488. The molecule has 1 aliphatic heterocycles. The number of methoxy groups -OCH3 is 7. The van der Waals surface area contributed by atoms with Gasteiger partial charge in [0.25, 0.3) is 0 Å². The van der Waals surface area contributed by atoms with Gasteiger partial charge >= 0.3 is 11.9 Å². The lowest BCUT2D eigenvalue weighted by Gasteiger charge is -2.28. The zero-order valence-corrected chi connectivity index (χ0v) is 22.1. The molecule has 0 saturated heterocycles. The molecule has 0 aromatic heterocycles. The molecule has 0 N–H and O–H groups in total. The van der Waals surface area contributed by atoms with Gasteiger partial charge in [0.05, 0.1) is 54.8 Å². The van der Waals surface area contributed by atoms with E-state index in [4.69, 9.17) is 42.6 Å². The van der Waals surface area contributed by atoms with Crippen molar-refractivity contribution in [1.29, 1.82) is 0 Å². The monoisotopic (exact) mass is 528 g/mol. The van der Waals surface area contributed by atoms with Crippen LogP contribution in [0.25, 0.3) is 21.9 Å². The maximum atomic E-state index is 13.4. The Labute approximate surface area is 219 Å². The highest BCUT2D eigenvalue weighted by Crippen LogP contribution is 2.55. The van der Waals surface area contributed by atoms with Crippen molar-refractivity contribution in [3.05, 3.63) is 34.9 Å². The van der Waals surface area contributed by atoms with Crippen LogP contribution in [0.2, 0.25) is 0 Å². The van der Waals surface area contributed by atoms with Crippen molar-refractivity contribution < 1.29 is 52.2 Å². The SMILES string of the molecule is COCc1c(OC)c(OC)c(OC)c2c(-c3ccc(OC)c(OC)c3)c(C(=O)OC)c3c(c12)OCOC3=O. The number of rotatable bonds is 9. The molecule has 0 unspecified atom stereocenters. The highest BCUT2D eigenvalue weighted by molar-refractivity contribution is 6.21. The van der Waals surface area contributed by atoms with Crippen LogP contribution in [0.1, 0.15) is 26.3 Å². The number of hydrogen-bond donors (Lipinski definition) is 0. The molecule has 0 bridgehead atoms. The summed E-state index contributed by atoms with van der Waals surface area (Å²) in [5.74, 6) is 0.215. The molecule has 0 amide bonds. The maximum Gasteiger partial charge on any atom is 0.345 e. The molecule has 3 aromatic carbocycles. The molecule has 11 nitrogen and oxygen atoms in total. The molecule has 11 heteroatoms. The van der Waals surface area contributed by atoms with Crippen LogP contribution in [0.4, 0.5) is 0 Å². The summed E-state index contributed by atoms with van der Waals surface area (Å²) in [5.41, 5.74) is 1.10. The lowest BCUT2D eigenvalue weighted by atomic mass is 9.85. The van der Waals surface area contributed by atoms with Gasteiger partial charge in [-0.25, -0.2) is 9.59 Å². The predicted octanol–water partition coefficient (Wildman–Crippen LogP) is 3.99. The van der Waals surface area contributed by atoms with Crippen LogP contribution in [0.5, 0.6) is 34.5 Å². The molecule has 0 fully saturated rings. The number of ether oxygens (including phenoxy) is 9. The molecular formula is C27H28O11. The largest absolute Gasteiger partial charge is 0.493 e. The van der Waals surface area contributed by atoms with Crippen molar-refractivity contribution >= 4 is 22.7 Å². The Kier molecular flexibility index (Phi) is 7.67. The van der Waals surface area contributed by atoms with Gasteiger partial charge in [0.2, 0.25) is 12.5 Å². The molecule has 0 aliphatic carbocycles. The second-order valence-electron chi connectivity index (χ2n) is 7.97. The zero-order valence-electron chi connectivity index (χ0n) is 22.1. The van der Waals surface area contributed by atoms with Gasteiger partial charge in [-0.15, -0.1) is 0 Å². The van der Waals surface area contributed by atoms with E-state index < -0.39 is 11.9 Å². The molecular weight excluding hydrogens is 500 g/mol. The van der Waals surface area contributed by atoms with E-state index in [9.17, 15) is 9.59 Å². The maximum absolute atomic E-state index is 13.4. The number of cyclic esters (lactones) is 1. The molecule has 202 valence electrons. The van der Waals surface area contributed by atoms with Crippen molar-refractivity contribution in [1.82, 2.24) is 0 Å². The predicted molar refractivity (Wildman–Crippen MR) is 135 cm³/mol. The summed E-state index contributed by atoms with van der Waals surface area (Å²) in [6.45, 7) is -0.311. The van der Waals surface area contributed by atoms with Crippen LogP contribution in [0.3, 0.4) is 0 Å². The molecule has 3 aromatic rings. The fourth-order valence-electron chi connectivity index (χ4n) is 4.73. The Balaban J connectivity index is 2.38. The van der Waals surface area contributed by atoms with Gasteiger partial charge in [0.15, 0.2) is 23.0 Å². The molecule has 0 saturated carbocycles. The first-order chi connectivity index (χ1) is 18.4. The van der Waals surface area contributed by atoms with Crippen molar-refractivity contribution in [2.45, 2.75) is 6.61 Å². The number of carbonyl (C=O) groups excluding carboxylic acids is 2. The standard InChI is InChI=1S/C27H28O11/c1-30-11-14-18-19(24(34-5)25(35-6)22(14)33-4)17(13-8-9-15(31-2)16(10-13)32-3)20(26(28)36-7)21-23(18)37-12-38-27(21)29/h8-10H,11-12H2,1-7H3. The summed E-state index contributed by atoms with van der Waals surface area (Å²) < 4.78 is 49.9. The Morgan fingerprint density at radius 1 is 0.789 bits per heavy atom. The summed E-state index contributed by atoms with van der Waals surface area (Å²) in [7, 11) is 10.1. The summed E-state index contributed by atoms with van der Waals surface area (Å²) in [4.78, 5) is 26.6. The summed E-state index contributed by atoms with van der Waals surface area (Å²) in [6, 6.07) is 5.07. The fraction of sp³-hybridized carbons (Fsp3) is 0.333. The highest BCUT2D eigenvalue weighted by atomic mass is 16.7. The van der Waals surface area contributed by atoms with E-state index in [2.05, 4.69) is 0 Å². The average molecular weight is 529 g/mol. The first-order valence-corrected chi connectivity index (χ1v) is 11.4. The fourth-order valence-corrected chi connectivity index (χ4v) is 4.73. The van der Waals surface area contributed by atoms with Crippen LogP contribution in [-0.2, 0) is 20.8 Å². The third-order valence-corrected chi connectivity index (χ3v) is 6.23. The third-order valence-electron chi connectivity index (χ3n) is 6.23. The van der Waals surface area contributed by atoms with Crippen molar-refractivity contribution in [3.8, 4) is 45.6 Å². The number of esters is 2. The smallest absolute Gasteiger partial charge is 0.345 e. The Hall–Kier alpha value is -4.38. The number of benzene rings is 3. The molecule has 1 aliphatic rings. The van der Waals surface area contributed by atoms with E-state index in [0.717, 1.165) is 0 Å². The first kappa shape index (κ1) is 26.7. The second-order valence-corrected chi connectivity index (χ2v) is 7.97. The summed E-state index contributed by atoms with van der Waals surface area (Å²) in [6.07, 6.45) is 0. The average Bonchev–Trinajstić information content (AvgIpc) is 2.95. The zero-order chi connectivity index (χ0) is 27.6. The lowest BCUT2D eigenvalue weighted by Crippen LogP contribution is -2.24. The van der Waals surface area contributed by atoms with E-state index in [0.29, 0.717) is 44.7 Å². The van der Waals surface area contributed by atoms with Crippen molar-refractivity contribution in [2.24, 2.45) is 0 Å². The van der Waals surface area contributed by atoms with Gasteiger partial charge in [-0.05, 0) is 17.7 Å². The Morgan fingerprint density at radius 2 is 1.47 bits per heavy atom. The van der Waals surface area contributed by atoms with E-state index >= 15 is 0 Å². The molecule has 1 heterocycles. The van der Waals surface area contributed by atoms with Crippen molar-refractivity contribution in [3.63, 3.8) is 0 Å². The quantitative estimate of drug-likeness (QED) is 0.375. The highest BCUT2D eigenvalue weighted by Gasteiger charge is 2.38. The number of carbonyl (C=O) groups is 2. The summed E-state index contributed by atoms with van der Waals surface area (Å²) >= 11 is 0. The van der Waals surface area contributed by atoms with Crippen molar-refractivity contribution in [2.75, 3.05) is 56.6 Å². The van der Waals surface area contributed by atoms with Crippen LogP contribution in [0, 0.1) is 0 Å². The Morgan fingerprint density at radius 3 is 2.05 bits per heavy atom. The van der Waals surface area contributed by atoms with Gasteiger partial charge in [0, 0.05) is 29.0 Å². The second kappa shape index (κ2) is 10.9. The van der Waals surface area contributed by atoms with Gasteiger partial charge in [0.1, 0.15) is 11.3 Å². The normalized spacial score (nSPS) is 12.2. The topological polar surface area (TPSA) is 117 Å². The van der Waals surface area contributed by atoms with Gasteiger partial charge in [-0.2, -0.15) is 0 Å². The third kappa shape index (κ3) is 4.04. The van der Waals surface area contributed by atoms with Crippen LogP contribution < -0.4 is 28.4 Å². The molecule has 4 rings (SSSR count). The minimum absolute atomic E-state index is 0.0494. The van der Waals surface area contributed by atoms with Gasteiger partial charge in [-0.1, -0.05) is 6.07 Å². The minimum Gasteiger partial charge on any atom is -0.493 e. The van der Waals surface area contributed by atoms with Crippen LogP contribution in [0.15, 0.2) is 18.2 Å². The van der Waals surface area contributed by atoms with E-state index in [1.165, 1.54) is 49.8 Å². The van der Waals surface area contributed by atoms with E-state index in [1.54, 1.807) is 18.2 Å². The number of fused-ring (bicyclic) bond motifs is 3. The van der Waals surface area contributed by atoms with Gasteiger partial charge in [-0.3, -0.25) is 0 Å². The molecule has 0 radical (unpaired) electrons. The molecule has 38 heavy (non-hydrogen) atoms. The van der Waals surface area contributed by atoms with E-state index in [1.807, 2.05) is 0 Å². The number of hydrogen-bond acceptors (Lipinski definition) is 11. The molecule has 0 atom stereocenters.